The molecule has 0 fully saturated rings. The Bertz CT molecular complexity index is 452. The molecule has 1 aromatic heterocycles. The van der Waals surface area contributed by atoms with E-state index in [1.165, 1.54) is 22.3 Å². The lowest BCUT2D eigenvalue weighted by atomic mass is 9.96. The summed E-state index contributed by atoms with van der Waals surface area (Å²) in [4.78, 5) is 8.11. The van der Waals surface area contributed by atoms with E-state index in [9.17, 15) is 0 Å². The zero-order chi connectivity index (χ0) is 10.8. The quantitative estimate of drug-likeness (QED) is 0.703. The van der Waals surface area contributed by atoms with Crippen LogP contribution in [0.25, 0.3) is 11.1 Å². The van der Waals surface area contributed by atoms with Gasteiger partial charge >= 0.3 is 0 Å². The minimum Gasteiger partial charge on any atom is -0.244 e. The van der Waals surface area contributed by atoms with Gasteiger partial charge in [0.1, 0.15) is 6.33 Å². The Balaban J connectivity index is 2.64. The van der Waals surface area contributed by atoms with Crippen molar-refractivity contribution in [2.24, 2.45) is 0 Å². The molecule has 0 spiro atoms. The van der Waals surface area contributed by atoms with Gasteiger partial charge in [-0.25, -0.2) is 9.97 Å². The third-order valence-electron chi connectivity index (χ3n) is 2.53. The first-order valence-corrected chi connectivity index (χ1v) is 5.01. The number of benzene rings is 1. The van der Waals surface area contributed by atoms with E-state index in [-0.39, 0.29) is 0 Å². The highest BCUT2D eigenvalue weighted by Crippen LogP contribution is 2.26. The Morgan fingerprint density at radius 3 is 1.93 bits per heavy atom. The average Bonchev–Trinajstić information content (AvgIpc) is 2.17. The van der Waals surface area contributed by atoms with Crippen molar-refractivity contribution in [1.29, 1.82) is 0 Å². The molecular weight excluding hydrogens is 184 g/mol. The van der Waals surface area contributed by atoms with Crippen molar-refractivity contribution in [3.63, 3.8) is 0 Å². The minimum absolute atomic E-state index is 1.09. The molecule has 0 saturated carbocycles. The standard InChI is InChI=1S/C13H14N2/c1-9-4-10(2)13(11(3)5-9)12-6-14-8-15-7-12/h4-8H,1-3H3. The predicted molar refractivity (Wildman–Crippen MR) is 61.7 cm³/mol. The second-order valence-corrected chi connectivity index (χ2v) is 3.90. The molecule has 0 bridgehead atoms. The van der Waals surface area contributed by atoms with Crippen molar-refractivity contribution in [2.75, 3.05) is 0 Å². The van der Waals surface area contributed by atoms with Crippen molar-refractivity contribution < 1.29 is 0 Å². The molecule has 0 aliphatic heterocycles. The summed E-state index contributed by atoms with van der Waals surface area (Å²) in [5.41, 5.74) is 6.20. The van der Waals surface area contributed by atoms with Gasteiger partial charge in [0.05, 0.1) is 0 Å². The van der Waals surface area contributed by atoms with Crippen LogP contribution in [0.5, 0.6) is 0 Å². The molecule has 76 valence electrons. The number of nitrogens with zero attached hydrogens (tertiary/aromatic N) is 2. The van der Waals surface area contributed by atoms with Gasteiger partial charge in [-0.15, -0.1) is 0 Å². The van der Waals surface area contributed by atoms with Crippen molar-refractivity contribution >= 4 is 0 Å². The first-order valence-electron chi connectivity index (χ1n) is 5.01. The average molecular weight is 198 g/mol. The normalized spacial score (nSPS) is 10.3. The fourth-order valence-electron chi connectivity index (χ4n) is 2.06. The molecule has 0 atom stereocenters. The van der Waals surface area contributed by atoms with Gasteiger partial charge in [0.25, 0.3) is 0 Å². The molecule has 15 heavy (non-hydrogen) atoms. The maximum atomic E-state index is 4.05. The van der Waals surface area contributed by atoms with Crippen LogP contribution in [0.2, 0.25) is 0 Å². The van der Waals surface area contributed by atoms with E-state index >= 15 is 0 Å². The van der Waals surface area contributed by atoms with Gasteiger partial charge in [0.15, 0.2) is 0 Å². The fourth-order valence-corrected chi connectivity index (χ4v) is 2.06. The smallest absolute Gasteiger partial charge is 0.115 e. The van der Waals surface area contributed by atoms with Crippen molar-refractivity contribution in [1.82, 2.24) is 9.97 Å². The number of aryl methyl sites for hydroxylation is 3. The van der Waals surface area contributed by atoms with Crippen LogP contribution in [0.15, 0.2) is 30.9 Å². The zero-order valence-corrected chi connectivity index (χ0v) is 9.28. The highest BCUT2D eigenvalue weighted by molar-refractivity contribution is 5.69. The Hall–Kier alpha value is -1.70. The number of hydrogen-bond donors (Lipinski definition) is 0. The Kier molecular flexibility index (Phi) is 2.50. The molecule has 0 aliphatic rings. The molecule has 0 saturated heterocycles. The molecule has 0 aliphatic carbocycles. The molecule has 0 amide bonds. The maximum absolute atomic E-state index is 4.05. The summed E-state index contributed by atoms with van der Waals surface area (Å²) < 4.78 is 0. The van der Waals surface area contributed by atoms with Crippen LogP contribution in [0.1, 0.15) is 16.7 Å². The monoisotopic (exact) mass is 198 g/mol. The highest BCUT2D eigenvalue weighted by Gasteiger charge is 2.06. The summed E-state index contributed by atoms with van der Waals surface area (Å²) in [5, 5.41) is 0. The number of hydrogen-bond acceptors (Lipinski definition) is 2. The van der Waals surface area contributed by atoms with E-state index in [0.717, 1.165) is 5.56 Å². The molecule has 0 N–H and O–H groups in total. The molecule has 2 nitrogen and oxygen atoms in total. The van der Waals surface area contributed by atoms with Crippen LogP contribution in [0.3, 0.4) is 0 Å². The number of aromatic nitrogens is 2. The van der Waals surface area contributed by atoms with E-state index in [0.29, 0.717) is 0 Å². The first-order chi connectivity index (χ1) is 7.18. The zero-order valence-electron chi connectivity index (χ0n) is 9.28. The molecular formula is C13H14N2. The number of rotatable bonds is 1. The summed E-state index contributed by atoms with van der Waals surface area (Å²) in [7, 11) is 0. The van der Waals surface area contributed by atoms with Crippen molar-refractivity contribution in [2.45, 2.75) is 20.8 Å². The molecule has 0 radical (unpaired) electrons. The minimum atomic E-state index is 1.09. The molecule has 1 aromatic carbocycles. The molecule has 2 aromatic rings. The largest absolute Gasteiger partial charge is 0.244 e. The second-order valence-electron chi connectivity index (χ2n) is 3.90. The van der Waals surface area contributed by atoms with Crippen LogP contribution >= 0.6 is 0 Å². The predicted octanol–water partition coefficient (Wildman–Crippen LogP) is 3.07. The van der Waals surface area contributed by atoms with Crippen LogP contribution in [0.4, 0.5) is 0 Å². The van der Waals surface area contributed by atoms with Gasteiger partial charge < -0.3 is 0 Å². The van der Waals surface area contributed by atoms with Gasteiger partial charge in [0.2, 0.25) is 0 Å². The fraction of sp³-hybridized carbons (Fsp3) is 0.231. The third-order valence-corrected chi connectivity index (χ3v) is 2.53. The van der Waals surface area contributed by atoms with Gasteiger partial charge in [-0.05, 0) is 37.5 Å². The third kappa shape index (κ3) is 1.89. The topological polar surface area (TPSA) is 25.8 Å². The first kappa shape index (κ1) is 9.84. The van der Waals surface area contributed by atoms with E-state index in [1.54, 1.807) is 6.33 Å². The van der Waals surface area contributed by atoms with Crippen molar-refractivity contribution in [3.05, 3.63) is 47.5 Å². The summed E-state index contributed by atoms with van der Waals surface area (Å²) in [6.07, 6.45) is 5.28. The lowest BCUT2D eigenvalue weighted by molar-refractivity contribution is 1.16. The van der Waals surface area contributed by atoms with Crippen LogP contribution in [0, 0.1) is 20.8 Å². The van der Waals surface area contributed by atoms with E-state index in [2.05, 4.69) is 42.9 Å². The van der Waals surface area contributed by atoms with Gasteiger partial charge in [-0.3, -0.25) is 0 Å². The van der Waals surface area contributed by atoms with E-state index in [4.69, 9.17) is 0 Å². The van der Waals surface area contributed by atoms with Gasteiger partial charge in [-0.1, -0.05) is 17.7 Å². The van der Waals surface area contributed by atoms with E-state index < -0.39 is 0 Å². The Labute approximate surface area is 90.0 Å². The summed E-state index contributed by atoms with van der Waals surface area (Å²) >= 11 is 0. The lowest BCUT2D eigenvalue weighted by Gasteiger charge is -2.10. The van der Waals surface area contributed by atoms with Gasteiger partial charge in [-0.2, -0.15) is 0 Å². The highest BCUT2D eigenvalue weighted by atomic mass is 14.8. The van der Waals surface area contributed by atoms with Crippen LogP contribution < -0.4 is 0 Å². The SMILES string of the molecule is Cc1cc(C)c(-c2cncnc2)c(C)c1. The second kappa shape index (κ2) is 3.81. The van der Waals surface area contributed by atoms with Crippen LogP contribution in [-0.2, 0) is 0 Å². The summed E-state index contributed by atoms with van der Waals surface area (Å²) in [6, 6.07) is 4.38. The molecule has 2 heteroatoms. The molecule has 2 rings (SSSR count). The Morgan fingerprint density at radius 2 is 1.40 bits per heavy atom. The Morgan fingerprint density at radius 1 is 0.867 bits per heavy atom. The summed E-state index contributed by atoms with van der Waals surface area (Å²) in [6.45, 7) is 6.37. The van der Waals surface area contributed by atoms with E-state index in [1.807, 2.05) is 12.4 Å². The lowest BCUT2D eigenvalue weighted by Crippen LogP contribution is -1.91. The maximum Gasteiger partial charge on any atom is 0.115 e. The van der Waals surface area contributed by atoms with Gasteiger partial charge in [0, 0.05) is 18.0 Å². The molecule has 1 heterocycles. The van der Waals surface area contributed by atoms with Crippen molar-refractivity contribution in [3.8, 4) is 11.1 Å². The summed E-state index contributed by atoms with van der Waals surface area (Å²) in [5.74, 6) is 0. The molecule has 0 unspecified atom stereocenters. The van der Waals surface area contributed by atoms with Crippen LogP contribution in [-0.4, -0.2) is 9.97 Å².